The van der Waals surface area contributed by atoms with E-state index in [-0.39, 0.29) is 13.2 Å². The maximum absolute atomic E-state index is 12.5. The maximum atomic E-state index is 12.5. The molecule has 2 aromatic carbocycles. The molecule has 0 amide bonds. The highest BCUT2D eigenvalue weighted by molar-refractivity contribution is 7.89. The number of aryl methyl sites for hydroxylation is 4. The van der Waals surface area contributed by atoms with Crippen LogP contribution in [0.3, 0.4) is 0 Å². The fourth-order valence-electron chi connectivity index (χ4n) is 2.71. The zero-order chi connectivity index (χ0) is 17.0. The molecule has 0 bridgehead atoms. The van der Waals surface area contributed by atoms with Gasteiger partial charge < -0.3 is 4.74 Å². The van der Waals surface area contributed by atoms with Crippen LogP contribution < -0.4 is 9.46 Å². The second-order valence-electron chi connectivity index (χ2n) is 5.79. The summed E-state index contributed by atoms with van der Waals surface area (Å²) in [5, 5.41) is 0. The quantitative estimate of drug-likeness (QED) is 0.826. The van der Waals surface area contributed by atoms with Gasteiger partial charge in [-0.15, -0.1) is 0 Å². The lowest BCUT2D eigenvalue weighted by molar-refractivity contribution is 0.322. The number of ether oxygens (including phenoxy) is 1. The lowest BCUT2D eigenvalue weighted by atomic mass is 10.1. The third-order valence-corrected chi connectivity index (χ3v) is 5.29. The van der Waals surface area contributed by atoms with E-state index in [0.717, 1.165) is 28.0 Å². The minimum absolute atomic E-state index is 0.225. The third kappa shape index (κ3) is 4.56. The third-order valence-electron chi connectivity index (χ3n) is 3.53. The topological polar surface area (TPSA) is 55.4 Å². The van der Waals surface area contributed by atoms with Gasteiger partial charge in [0.1, 0.15) is 12.4 Å². The number of sulfonamides is 1. The molecule has 4 nitrogen and oxygen atoms in total. The van der Waals surface area contributed by atoms with E-state index in [1.165, 1.54) is 0 Å². The van der Waals surface area contributed by atoms with Crippen molar-refractivity contribution < 1.29 is 13.2 Å². The van der Waals surface area contributed by atoms with E-state index in [1.54, 1.807) is 0 Å². The minimum atomic E-state index is -3.53. The molecule has 1 N–H and O–H groups in total. The van der Waals surface area contributed by atoms with Crippen molar-refractivity contribution in [1.82, 2.24) is 4.72 Å². The van der Waals surface area contributed by atoms with Crippen molar-refractivity contribution in [2.75, 3.05) is 13.2 Å². The van der Waals surface area contributed by atoms with Crippen LogP contribution in [-0.4, -0.2) is 21.6 Å². The summed E-state index contributed by atoms with van der Waals surface area (Å²) in [6, 6.07) is 11.4. The summed E-state index contributed by atoms with van der Waals surface area (Å²) in [7, 11) is -3.53. The Kier molecular flexibility index (Phi) is 5.44. The highest BCUT2D eigenvalue weighted by Crippen LogP contribution is 2.21. The van der Waals surface area contributed by atoms with E-state index in [9.17, 15) is 8.42 Å². The van der Waals surface area contributed by atoms with E-state index in [2.05, 4.69) is 4.72 Å². The number of hydrogen-bond donors (Lipinski definition) is 1. The fourth-order valence-corrected chi connectivity index (χ4v) is 4.17. The van der Waals surface area contributed by atoms with E-state index in [4.69, 9.17) is 4.74 Å². The second-order valence-corrected chi connectivity index (χ2v) is 7.49. The summed E-state index contributed by atoms with van der Waals surface area (Å²) in [5.74, 6) is 0.742. The Morgan fingerprint density at radius 1 is 0.957 bits per heavy atom. The molecule has 124 valence electrons. The standard InChI is InChI=1S/C18H23NO3S/c1-13-6-5-7-17(12-13)22-9-8-19-23(20,21)18-15(3)10-14(2)11-16(18)4/h5-7,10-12,19H,8-9H2,1-4H3. The Balaban J connectivity index is 2.00. The van der Waals surface area contributed by atoms with Crippen molar-refractivity contribution in [3.63, 3.8) is 0 Å². The van der Waals surface area contributed by atoms with E-state index in [1.807, 2.05) is 64.1 Å². The van der Waals surface area contributed by atoms with Gasteiger partial charge in [0.15, 0.2) is 0 Å². The normalized spacial score (nSPS) is 11.5. The highest BCUT2D eigenvalue weighted by Gasteiger charge is 2.19. The van der Waals surface area contributed by atoms with Gasteiger partial charge in [-0.05, 0) is 56.5 Å². The lowest BCUT2D eigenvalue weighted by Gasteiger charge is -2.13. The van der Waals surface area contributed by atoms with Crippen LogP contribution >= 0.6 is 0 Å². The molecule has 0 radical (unpaired) electrons. The zero-order valence-corrected chi connectivity index (χ0v) is 14.8. The molecule has 0 aliphatic carbocycles. The molecule has 0 spiro atoms. The SMILES string of the molecule is Cc1cccc(OCCNS(=O)(=O)c2c(C)cc(C)cc2C)c1. The molecule has 0 aliphatic heterocycles. The maximum Gasteiger partial charge on any atom is 0.241 e. The van der Waals surface area contributed by atoms with Gasteiger partial charge in [0.25, 0.3) is 0 Å². The molecule has 0 atom stereocenters. The summed E-state index contributed by atoms with van der Waals surface area (Å²) < 4.78 is 33.1. The van der Waals surface area contributed by atoms with Crippen LogP contribution in [0.15, 0.2) is 41.3 Å². The van der Waals surface area contributed by atoms with Crippen molar-refractivity contribution in [2.45, 2.75) is 32.6 Å². The zero-order valence-electron chi connectivity index (χ0n) is 14.0. The Morgan fingerprint density at radius 2 is 1.61 bits per heavy atom. The van der Waals surface area contributed by atoms with Gasteiger partial charge in [0.05, 0.1) is 4.90 Å². The van der Waals surface area contributed by atoms with E-state index in [0.29, 0.717) is 4.90 Å². The first-order valence-electron chi connectivity index (χ1n) is 7.56. The number of nitrogens with one attached hydrogen (secondary N) is 1. The van der Waals surface area contributed by atoms with E-state index < -0.39 is 10.0 Å². The van der Waals surface area contributed by atoms with Crippen LogP contribution in [0, 0.1) is 27.7 Å². The van der Waals surface area contributed by atoms with Crippen molar-refractivity contribution in [3.05, 3.63) is 58.7 Å². The first kappa shape index (κ1) is 17.5. The number of rotatable bonds is 6. The average molecular weight is 333 g/mol. The molecule has 0 aromatic heterocycles. The largest absolute Gasteiger partial charge is 0.492 e. The molecule has 2 aromatic rings. The van der Waals surface area contributed by atoms with Crippen LogP contribution in [-0.2, 0) is 10.0 Å². The second kappa shape index (κ2) is 7.15. The van der Waals surface area contributed by atoms with Crippen molar-refractivity contribution in [1.29, 1.82) is 0 Å². The first-order valence-corrected chi connectivity index (χ1v) is 9.05. The van der Waals surface area contributed by atoms with Gasteiger partial charge in [-0.2, -0.15) is 0 Å². The van der Waals surface area contributed by atoms with Crippen LogP contribution in [0.1, 0.15) is 22.3 Å². The molecular formula is C18H23NO3S. The summed E-state index contributed by atoms with van der Waals surface area (Å²) in [6.07, 6.45) is 0. The Labute approximate surface area is 138 Å². The van der Waals surface area contributed by atoms with E-state index >= 15 is 0 Å². The molecular weight excluding hydrogens is 310 g/mol. The molecule has 2 rings (SSSR count). The molecule has 0 heterocycles. The molecule has 0 unspecified atom stereocenters. The molecule has 0 fully saturated rings. The fraction of sp³-hybridized carbons (Fsp3) is 0.333. The van der Waals surface area contributed by atoms with Gasteiger partial charge in [-0.3, -0.25) is 0 Å². The van der Waals surface area contributed by atoms with Crippen LogP contribution in [0.5, 0.6) is 5.75 Å². The van der Waals surface area contributed by atoms with Crippen LogP contribution in [0.2, 0.25) is 0 Å². The summed E-state index contributed by atoms with van der Waals surface area (Å²) >= 11 is 0. The Hall–Kier alpha value is -1.85. The molecule has 5 heteroatoms. The minimum Gasteiger partial charge on any atom is -0.492 e. The predicted molar refractivity (Wildman–Crippen MR) is 92.5 cm³/mol. The molecule has 0 aliphatic rings. The van der Waals surface area contributed by atoms with Gasteiger partial charge in [0.2, 0.25) is 10.0 Å². The highest BCUT2D eigenvalue weighted by atomic mass is 32.2. The van der Waals surface area contributed by atoms with Crippen LogP contribution in [0.4, 0.5) is 0 Å². The predicted octanol–water partition coefficient (Wildman–Crippen LogP) is 3.28. The van der Waals surface area contributed by atoms with Crippen molar-refractivity contribution in [3.8, 4) is 5.75 Å². The Morgan fingerprint density at radius 3 is 2.22 bits per heavy atom. The average Bonchev–Trinajstić information content (AvgIpc) is 2.42. The summed E-state index contributed by atoms with van der Waals surface area (Å²) in [5.41, 5.74) is 3.68. The lowest BCUT2D eigenvalue weighted by Crippen LogP contribution is -2.29. The van der Waals surface area contributed by atoms with Crippen molar-refractivity contribution in [2.24, 2.45) is 0 Å². The number of hydrogen-bond acceptors (Lipinski definition) is 3. The van der Waals surface area contributed by atoms with Gasteiger partial charge in [0, 0.05) is 6.54 Å². The van der Waals surface area contributed by atoms with Gasteiger partial charge in [-0.25, -0.2) is 13.1 Å². The smallest absolute Gasteiger partial charge is 0.241 e. The summed E-state index contributed by atoms with van der Waals surface area (Å²) in [4.78, 5) is 0.360. The monoisotopic (exact) mass is 333 g/mol. The Bertz CT molecular complexity index is 775. The number of benzene rings is 2. The summed E-state index contributed by atoms with van der Waals surface area (Å²) in [6.45, 7) is 8.09. The first-order chi connectivity index (χ1) is 10.8. The molecule has 23 heavy (non-hydrogen) atoms. The van der Waals surface area contributed by atoms with Gasteiger partial charge in [-0.1, -0.05) is 29.8 Å². The molecule has 0 saturated carbocycles. The van der Waals surface area contributed by atoms with Gasteiger partial charge >= 0.3 is 0 Å². The van der Waals surface area contributed by atoms with Crippen molar-refractivity contribution >= 4 is 10.0 Å². The molecule has 0 saturated heterocycles. The van der Waals surface area contributed by atoms with Crippen LogP contribution in [0.25, 0.3) is 0 Å².